The number of methoxy groups -OCH3 is 1. The highest BCUT2D eigenvalue weighted by Gasteiger charge is 2.27. The van der Waals surface area contributed by atoms with Crippen LogP contribution in [0.4, 0.5) is 5.69 Å². The highest BCUT2D eigenvalue weighted by Crippen LogP contribution is 2.33. The highest BCUT2D eigenvalue weighted by molar-refractivity contribution is 6.33. The molecule has 0 atom stereocenters. The third-order valence-electron chi connectivity index (χ3n) is 2.73. The van der Waals surface area contributed by atoms with Gasteiger partial charge < -0.3 is 15.0 Å². The van der Waals surface area contributed by atoms with E-state index in [1.165, 1.54) is 0 Å². The van der Waals surface area contributed by atoms with Gasteiger partial charge in [0.25, 0.3) is 5.89 Å². The molecule has 0 fully saturated rings. The van der Waals surface area contributed by atoms with Crippen LogP contribution in [0.1, 0.15) is 19.7 Å². The Bertz CT molecular complexity index is 546. The van der Waals surface area contributed by atoms with E-state index in [1.807, 2.05) is 13.8 Å². The van der Waals surface area contributed by atoms with Crippen LogP contribution in [0.3, 0.4) is 0 Å². The number of benzene rings is 1. The zero-order valence-electron chi connectivity index (χ0n) is 10.4. The topological polar surface area (TPSA) is 74.2 Å². The van der Waals surface area contributed by atoms with Gasteiger partial charge in [-0.15, -0.1) is 0 Å². The van der Waals surface area contributed by atoms with Crippen molar-refractivity contribution >= 4 is 17.3 Å². The van der Waals surface area contributed by atoms with E-state index in [9.17, 15) is 0 Å². The predicted molar refractivity (Wildman–Crippen MR) is 69.2 cm³/mol. The van der Waals surface area contributed by atoms with Crippen LogP contribution in [-0.4, -0.2) is 17.3 Å². The molecule has 2 N–H and O–H groups in total. The van der Waals surface area contributed by atoms with Crippen molar-refractivity contribution in [2.75, 3.05) is 12.8 Å². The molecule has 5 nitrogen and oxygen atoms in total. The minimum atomic E-state index is -0.627. The molecule has 96 valence electrons. The normalized spacial score (nSPS) is 11.8. The lowest BCUT2D eigenvalue weighted by molar-refractivity contribution is 0.00973. The molecule has 0 saturated carbocycles. The van der Waals surface area contributed by atoms with Gasteiger partial charge in [-0.1, -0.05) is 22.8 Å². The molecule has 0 aliphatic carbocycles. The number of halogens is 1. The van der Waals surface area contributed by atoms with Crippen molar-refractivity contribution in [3.8, 4) is 11.5 Å². The summed E-state index contributed by atoms with van der Waals surface area (Å²) in [5.74, 6) is 0.734. The first-order valence-electron chi connectivity index (χ1n) is 5.39. The van der Waals surface area contributed by atoms with Crippen LogP contribution in [0, 0.1) is 0 Å². The summed E-state index contributed by atoms with van der Waals surface area (Å²) in [5.41, 5.74) is 6.27. The average Bonchev–Trinajstić information content (AvgIpc) is 2.79. The number of anilines is 1. The van der Waals surface area contributed by atoms with E-state index in [4.69, 9.17) is 26.6 Å². The summed E-state index contributed by atoms with van der Waals surface area (Å²) in [7, 11) is 1.58. The zero-order chi connectivity index (χ0) is 13.3. The Balaban J connectivity index is 2.48. The van der Waals surface area contributed by atoms with Crippen molar-refractivity contribution in [1.29, 1.82) is 0 Å². The zero-order valence-corrected chi connectivity index (χ0v) is 11.2. The minimum Gasteiger partial charge on any atom is -0.398 e. The van der Waals surface area contributed by atoms with E-state index < -0.39 is 5.60 Å². The second kappa shape index (κ2) is 4.59. The third-order valence-corrected chi connectivity index (χ3v) is 3.05. The number of aromatic nitrogens is 2. The molecule has 1 heterocycles. The molecular weight excluding hydrogens is 254 g/mol. The van der Waals surface area contributed by atoms with Crippen LogP contribution in [0.25, 0.3) is 11.5 Å². The van der Waals surface area contributed by atoms with E-state index >= 15 is 0 Å². The summed E-state index contributed by atoms with van der Waals surface area (Å²) in [5, 5.41) is 4.36. The summed E-state index contributed by atoms with van der Waals surface area (Å²) in [6.45, 7) is 3.69. The van der Waals surface area contributed by atoms with Crippen LogP contribution in [0.2, 0.25) is 5.02 Å². The first kappa shape index (κ1) is 12.9. The van der Waals surface area contributed by atoms with E-state index in [0.29, 0.717) is 28.0 Å². The predicted octanol–water partition coefficient (Wildman–Crippen LogP) is 2.85. The van der Waals surface area contributed by atoms with Crippen LogP contribution in [0.5, 0.6) is 0 Å². The number of nitrogens with zero attached hydrogens (tertiary/aromatic N) is 2. The van der Waals surface area contributed by atoms with Crippen molar-refractivity contribution < 1.29 is 9.26 Å². The lowest BCUT2D eigenvalue weighted by Crippen LogP contribution is -2.21. The molecule has 1 aromatic carbocycles. The summed E-state index contributed by atoms with van der Waals surface area (Å²) in [6.07, 6.45) is 0. The van der Waals surface area contributed by atoms with Gasteiger partial charge in [0.1, 0.15) is 5.60 Å². The summed E-state index contributed by atoms with van der Waals surface area (Å²) < 4.78 is 10.5. The maximum Gasteiger partial charge on any atom is 0.261 e. The molecule has 6 heteroatoms. The van der Waals surface area contributed by atoms with Gasteiger partial charge in [0.05, 0.1) is 10.6 Å². The van der Waals surface area contributed by atoms with Crippen molar-refractivity contribution in [2.24, 2.45) is 0 Å². The van der Waals surface area contributed by atoms with E-state index in [2.05, 4.69) is 10.1 Å². The number of rotatable bonds is 3. The average molecular weight is 268 g/mol. The first-order chi connectivity index (χ1) is 8.45. The fraction of sp³-hybridized carbons (Fsp3) is 0.333. The molecule has 1 aromatic heterocycles. The fourth-order valence-electron chi connectivity index (χ4n) is 1.43. The van der Waals surface area contributed by atoms with Gasteiger partial charge in [-0.05, 0) is 26.0 Å². The fourth-order valence-corrected chi connectivity index (χ4v) is 1.69. The second-order valence-electron chi connectivity index (χ2n) is 4.34. The molecule has 18 heavy (non-hydrogen) atoms. The lowest BCUT2D eigenvalue weighted by Gasteiger charge is -2.17. The van der Waals surface area contributed by atoms with E-state index in [0.717, 1.165) is 0 Å². The maximum atomic E-state index is 6.08. The largest absolute Gasteiger partial charge is 0.398 e. The number of hydrogen-bond donors (Lipinski definition) is 1. The van der Waals surface area contributed by atoms with Gasteiger partial charge in [0.2, 0.25) is 5.82 Å². The molecule has 0 radical (unpaired) electrons. The molecule has 0 aliphatic rings. The Labute approximate surface area is 110 Å². The number of ether oxygens (including phenoxy) is 1. The van der Waals surface area contributed by atoms with Gasteiger partial charge in [0, 0.05) is 12.8 Å². The molecule has 0 unspecified atom stereocenters. The SMILES string of the molecule is COC(C)(C)c1noc(-c2c(N)cccc2Cl)n1. The van der Waals surface area contributed by atoms with Crippen molar-refractivity contribution in [3.63, 3.8) is 0 Å². The molecular formula is C12H14ClN3O2. The number of nitrogen functional groups attached to an aromatic ring is 1. The molecule has 0 aliphatic heterocycles. The van der Waals surface area contributed by atoms with E-state index in [1.54, 1.807) is 25.3 Å². The molecule has 0 saturated heterocycles. The lowest BCUT2D eigenvalue weighted by atomic mass is 10.1. The Morgan fingerprint density at radius 1 is 1.39 bits per heavy atom. The van der Waals surface area contributed by atoms with Crippen LogP contribution < -0.4 is 5.73 Å². The van der Waals surface area contributed by atoms with Crippen LogP contribution >= 0.6 is 11.6 Å². The van der Waals surface area contributed by atoms with Gasteiger partial charge >= 0.3 is 0 Å². The van der Waals surface area contributed by atoms with Gasteiger partial charge in [-0.25, -0.2) is 0 Å². The molecule has 0 amide bonds. The van der Waals surface area contributed by atoms with Crippen LogP contribution in [0.15, 0.2) is 22.7 Å². The third kappa shape index (κ3) is 2.19. The number of hydrogen-bond acceptors (Lipinski definition) is 5. The van der Waals surface area contributed by atoms with E-state index in [-0.39, 0.29) is 0 Å². The standard InChI is InChI=1S/C12H14ClN3O2/c1-12(2,17-3)11-15-10(18-16-11)9-7(13)5-4-6-8(9)14/h4-6H,14H2,1-3H3. The van der Waals surface area contributed by atoms with Crippen molar-refractivity contribution in [1.82, 2.24) is 10.1 Å². The Morgan fingerprint density at radius 2 is 2.11 bits per heavy atom. The molecule has 0 bridgehead atoms. The van der Waals surface area contributed by atoms with Gasteiger partial charge in [0.15, 0.2) is 0 Å². The van der Waals surface area contributed by atoms with Crippen molar-refractivity contribution in [3.05, 3.63) is 29.0 Å². The summed E-state index contributed by atoms with van der Waals surface area (Å²) in [4.78, 5) is 4.28. The Kier molecular flexibility index (Phi) is 3.28. The second-order valence-corrected chi connectivity index (χ2v) is 4.75. The Hall–Kier alpha value is -1.59. The highest BCUT2D eigenvalue weighted by atomic mass is 35.5. The molecule has 2 rings (SSSR count). The summed E-state index contributed by atoms with van der Waals surface area (Å²) >= 11 is 6.08. The minimum absolute atomic E-state index is 0.290. The molecule has 2 aromatic rings. The quantitative estimate of drug-likeness (QED) is 0.866. The molecule has 0 spiro atoms. The number of nitrogens with two attached hydrogens (primary N) is 1. The summed E-state index contributed by atoms with van der Waals surface area (Å²) in [6, 6.07) is 5.21. The Morgan fingerprint density at radius 3 is 2.72 bits per heavy atom. The maximum absolute atomic E-state index is 6.08. The first-order valence-corrected chi connectivity index (χ1v) is 5.77. The van der Waals surface area contributed by atoms with Crippen molar-refractivity contribution in [2.45, 2.75) is 19.4 Å². The van der Waals surface area contributed by atoms with Crippen LogP contribution in [-0.2, 0) is 10.3 Å². The smallest absolute Gasteiger partial charge is 0.261 e. The van der Waals surface area contributed by atoms with Gasteiger partial charge in [-0.3, -0.25) is 0 Å². The monoisotopic (exact) mass is 267 g/mol. The van der Waals surface area contributed by atoms with Gasteiger partial charge in [-0.2, -0.15) is 4.98 Å².